The standard InChI is InChI=1S/C27H32/c1-17-10-18(2)13-23(12-17)27(24-14-19(3)11-20(4)15-24)26-21(5)16-22-8-6-7-9-25(22)26/h6-15,21-22,25-27H,16H2,1-5H3. The second kappa shape index (κ2) is 7.15. The summed E-state index contributed by atoms with van der Waals surface area (Å²) >= 11 is 0. The molecular formula is C27H32. The largest absolute Gasteiger partial charge is 0.0808 e. The third-order valence-corrected chi connectivity index (χ3v) is 6.63. The van der Waals surface area contributed by atoms with Crippen LogP contribution in [0.5, 0.6) is 0 Å². The summed E-state index contributed by atoms with van der Waals surface area (Å²) in [5.41, 5.74) is 8.50. The van der Waals surface area contributed by atoms with E-state index in [1.165, 1.54) is 39.8 Å². The monoisotopic (exact) mass is 356 g/mol. The average Bonchev–Trinajstić information content (AvgIpc) is 2.90. The summed E-state index contributed by atoms with van der Waals surface area (Å²) in [6, 6.07) is 14.3. The van der Waals surface area contributed by atoms with Crippen molar-refractivity contribution in [1.82, 2.24) is 0 Å². The SMILES string of the molecule is Cc1cc(C)cc(C(c2cc(C)cc(C)c2)C2C(C)CC3C=CC=CC32)c1. The zero-order valence-corrected chi connectivity index (χ0v) is 17.4. The van der Waals surface area contributed by atoms with Gasteiger partial charge in [-0.1, -0.05) is 89.9 Å². The Labute approximate surface area is 165 Å². The summed E-state index contributed by atoms with van der Waals surface area (Å²) in [5, 5.41) is 0. The van der Waals surface area contributed by atoms with Crippen LogP contribution in [0.1, 0.15) is 52.6 Å². The van der Waals surface area contributed by atoms with Crippen molar-refractivity contribution < 1.29 is 0 Å². The Kier molecular flexibility index (Phi) is 4.84. The Morgan fingerprint density at radius 3 is 1.70 bits per heavy atom. The van der Waals surface area contributed by atoms with Crippen LogP contribution in [0, 0.1) is 51.4 Å². The lowest BCUT2D eigenvalue weighted by atomic mass is 9.70. The fraction of sp³-hybridized carbons (Fsp3) is 0.407. The summed E-state index contributed by atoms with van der Waals surface area (Å²) in [5.74, 6) is 3.19. The van der Waals surface area contributed by atoms with Crippen molar-refractivity contribution in [3.05, 3.63) is 94.1 Å². The highest BCUT2D eigenvalue weighted by atomic mass is 14.5. The third-order valence-electron chi connectivity index (χ3n) is 6.63. The molecule has 0 amide bonds. The van der Waals surface area contributed by atoms with Gasteiger partial charge in [0.25, 0.3) is 0 Å². The number of fused-ring (bicyclic) bond motifs is 1. The molecule has 0 saturated heterocycles. The van der Waals surface area contributed by atoms with Gasteiger partial charge in [0.2, 0.25) is 0 Å². The van der Waals surface area contributed by atoms with Gasteiger partial charge in [0.15, 0.2) is 0 Å². The number of aryl methyl sites for hydroxylation is 4. The van der Waals surface area contributed by atoms with Gasteiger partial charge in [-0.2, -0.15) is 0 Å². The van der Waals surface area contributed by atoms with E-state index in [0.717, 1.165) is 5.92 Å². The van der Waals surface area contributed by atoms with Crippen LogP contribution in [-0.2, 0) is 0 Å². The molecule has 0 heteroatoms. The van der Waals surface area contributed by atoms with Crippen molar-refractivity contribution in [3.63, 3.8) is 0 Å². The van der Waals surface area contributed by atoms with Gasteiger partial charge < -0.3 is 0 Å². The fourth-order valence-electron chi connectivity index (χ4n) is 5.85. The van der Waals surface area contributed by atoms with Crippen LogP contribution in [0.3, 0.4) is 0 Å². The van der Waals surface area contributed by atoms with Crippen molar-refractivity contribution in [3.8, 4) is 0 Å². The molecule has 2 aliphatic rings. The third kappa shape index (κ3) is 3.55. The summed E-state index contributed by atoms with van der Waals surface area (Å²) in [6.45, 7) is 11.4. The number of benzene rings is 2. The van der Waals surface area contributed by atoms with Gasteiger partial charge in [-0.05, 0) is 68.9 Å². The molecule has 2 aromatic rings. The quantitative estimate of drug-likeness (QED) is 0.552. The molecule has 4 rings (SSSR count). The van der Waals surface area contributed by atoms with Gasteiger partial charge >= 0.3 is 0 Å². The molecule has 0 aliphatic heterocycles. The molecule has 0 radical (unpaired) electrons. The van der Waals surface area contributed by atoms with Gasteiger partial charge in [0, 0.05) is 5.92 Å². The van der Waals surface area contributed by atoms with Gasteiger partial charge in [0.05, 0.1) is 0 Å². The Bertz CT molecular complexity index is 806. The highest BCUT2D eigenvalue weighted by molar-refractivity contribution is 5.42. The number of rotatable bonds is 3. The molecule has 0 heterocycles. The zero-order chi connectivity index (χ0) is 19.1. The second-order valence-electron chi connectivity index (χ2n) is 9.12. The smallest absolute Gasteiger partial charge is 0.0126 e. The minimum atomic E-state index is 0.461. The Morgan fingerprint density at radius 2 is 1.19 bits per heavy atom. The summed E-state index contributed by atoms with van der Waals surface area (Å²) in [6.07, 6.45) is 10.8. The van der Waals surface area contributed by atoms with Crippen molar-refractivity contribution in [2.75, 3.05) is 0 Å². The highest BCUT2D eigenvalue weighted by Crippen LogP contribution is 2.52. The summed E-state index contributed by atoms with van der Waals surface area (Å²) in [4.78, 5) is 0. The first-order valence-electron chi connectivity index (χ1n) is 10.4. The predicted octanol–water partition coefficient (Wildman–Crippen LogP) is 7.07. The molecule has 0 aromatic heterocycles. The van der Waals surface area contributed by atoms with E-state index in [4.69, 9.17) is 0 Å². The average molecular weight is 357 g/mol. The van der Waals surface area contributed by atoms with E-state index in [9.17, 15) is 0 Å². The first kappa shape index (κ1) is 18.3. The molecule has 4 atom stereocenters. The summed E-state index contributed by atoms with van der Waals surface area (Å²) < 4.78 is 0. The molecule has 0 N–H and O–H groups in total. The van der Waals surface area contributed by atoms with E-state index in [0.29, 0.717) is 23.7 Å². The van der Waals surface area contributed by atoms with E-state index >= 15 is 0 Å². The number of allylic oxidation sites excluding steroid dienone is 4. The molecule has 2 aliphatic carbocycles. The van der Waals surface area contributed by atoms with Crippen molar-refractivity contribution in [2.24, 2.45) is 23.7 Å². The van der Waals surface area contributed by atoms with Crippen LogP contribution in [0.4, 0.5) is 0 Å². The van der Waals surface area contributed by atoms with Crippen LogP contribution in [0.15, 0.2) is 60.7 Å². The van der Waals surface area contributed by atoms with E-state index < -0.39 is 0 Å². The normalized spacial score (nSPS) is 26.6. The summed E-state index contributed by atoms with van der Waals surface area (Å²) in [7, 11) is 0. The van der Waals surface area contributed by atoms with Crippen molar-refractivity contribution in [2.45, 2.75) is 47.0 Å². The molecule has 2 aromatic carbocycles. The maximum absolute atomic E-state index is 2.48. The molecule has 0 nitrogen and oxygen atoms in total. The lowest BCUT2D eigenvalue weighted by Crippen LogP contribution is -2.24. The Morgan fingerprint density at radius 1 is 0.704 bits per heavy atom. The first-order valence-corrected chi connectivity index (χ1v) is 10.4. The molecule has 0 spiro atoms. The van der Waals surface area contributed by atoms with Gasteiger partial charge in [-0.25, -0.2) is 0 Å². The van der Waals surface area contributed by atoms with E-state index in [1.807, 2.05) is 0 Å². The lowest BCUT2D eigenvalue weighted by molar-refractivity contribution is 0.322. The molecule has 1 saturated carbocycles. The van der Waals surface area contributed by atoms with E-state index in [1.54, 1.807) is 0 Å². The van der Waals surface area contributed by atoms with Crippen molar-refractivity contribution in [1.29, 1.82) is 0 Å². The Hall–Kier alpha value is -2.08. The minimum absolute atomic E-state index is 0.461. The van der Waals surface area contributed by atoms with Crippen LogP contribution in [0.2, 0.25) is 0 Å². The highest BCUT2D eigenvalue weighted by Gasteiger charge is 2.44. The lowest BCUT2D eigenvalue weighted by Gasteiger charge is -2.33. The maximum Gasteiger partial charge on any atom is 0.0126 e. The van der Waals surface area contributed by atoms with Crippen molar-refractivity contribution >= 4 is 0 Å². The minimum Gasteiger partial charge on any atom is -0.0808 e. The maximum atomic E-state index is 2.48. The second-order valence-corrected chi connectivity index (χ2v) is 9.12. The molecule has 1 fully saturated rings. The van der Waals surface area contributed by atoms with Crippen LogP contribution in [-0.4, -0.2) is 0 Å². The molecular weight excluding hydrogens is 324 g/mol. The Balaban J connectivity index is 1.88. The number of hydrogen-bond acceptors (Lipinski definition) is 0. The molecule has 0 bridgehead atoms. The molecule has 4 unspecified atom stereocenters. The van der Waals surface area contributed by atoms with Gasteiger partial charge in [-0.15, -0.1) is 0 Å². The van der Waals surface area contributed by atoms with Gasteiger partial charge in [-0.3, -0.25) is 0 Å². The van der Waals surface area contributed by atoms with E-state index in [-0.39, 0.29) is 0 Å². The molecule has 140 valence electrons. The topological polar surface area (TPSA) is 0 Å². The van der Waals surface area contributed by atoms with Crippen LogP contribution in [0.25, 0.3) is 0 Å². The fourth-order valence-corrected chi connectivity index (χ4v) is 5.85. The first-order chi connectivity index (χ1) is 12.9. The van der Waals surface area contributed by atoms with Crippen LogP contribution >= 0.6 is 0 Å². The molecule has 27 heavy (non-hydrogen) atoms. The predicted molar refractivity (Wildman–Crippen MR) is 116 cm³/mol. The van der Waals surface area contributed by atoms with Gasteiger partial charge in [0.1, 0.15) is 0 Å². The van der Waals surface area contributed by atoms with Crippen LogP contribution < -0.4 is 0 Å². The van der Waals surface area contributed by atoms with E-state index in [2.05, 4.69) is 95.3 Å². The zero-order valence-electron chi connectivity index (χ0n) is 17.4. The number of hydrogen-bond donors (Lipinski definition) is 0.